The van der Waals surface area contributed by atoms with Gasteiger partial charge in [0.1, 0.15) is 16.7 Å². The fraction of sp³-hybridized carbons (Fsp3) is 0.333. The lowest BCUT2D eigenvalue weighted by Crippen LogP contribution is -2.80. The number of benzene rings is 2. The Balaban J connectivity index is 1.95. The number of hydrogen-bond donors (Lipinski definition) is 0. The number of carbonyl (C=O) groups excluding carboxylic acids is 1. The molecule has 6 nitrogen and oxygen atoms in total. The molecule has 2 unspecified atom stereocenters. The van der Waals surface area contributed by atoms with Gasteiger partial charge in [-0.15, -0.1) is 0 Å². The van der Waals surface area contributed by atoms with Crippen molar-refractivity contribution in [2.75, 3.05) is 18.6 Å². The van der Waals surface area contributed by atoms with Crippen LogP contribution in [0.1, 0.15) is 42.4 Å². The first-order valence-corrected chi connectivity index (χ1v) is 11.1. The first-order valence-electron chi connectivity index (χ1n) is 10.3. The molecule has 1 fully saturated rings. The second-order valence-corrected chi connectivity index (χ2v) is 9.24. The molecule has 1 aromatic heterocycles. The summed E-state index contributed by atoms with van der Waals surface area (Å²) in [6, 6.07) is 21.0. The molecule has 162 valence electrons. The van der Waals surface area contributed by atoms with Crippen LogP contribution < -0.4 is 4.90 Å². The van der Waals surface area contributed by atoms with Crippen LogP contribution in [0, 0.1) is 5.41 Å². The number of oxazole rings is 1. The van der Waals surface area contributed by atoms with Crippen molar-refractivity contribution < 1.29 is 18.4 Å². The number of esters is 1. The number of ether oxygens (including phenoxy) is 1. The van der Waals surface area contributed by atoms with E-state index in [0.29, 0.717) is 23.0 Å². The van der Waals surface area contributed by atoms with Crippen molar-refractivity contribution in [1.82, 2.24) is 4.98 Å². The molecule has 7 heteroatoms. The first kappa shape index (κ1) is 21.3. The minimum absolute atomic E-state index is 0.140. The van der Waals surface area contributed by atoms with Gasteiger partial charge in [0.15, 0.2) is 11.4 Å². The van der Waals surface area contributed by atoms with Gasteiger partial charge in [-0.2, -0.15) is 4.98 Å². The van der Waals surface area contributed by atoms with E-state index < -0.39 is 11.7 Å². The molecule has 1 aliphatic rings. The van der Waals surface area contributed by atoms with E-state index in [1.165, 1.54) is 18.9 Å². The lowest BCUT2D eigenvalue weighted by atomic mass is 9.50. The molecule has 1 aliphatic heterocycles. The van der Waals surface area contributed by atoms with Gasteiger partial charge in [-0.05, 0) is 11.0 Å². The highest BCUT2D eigenvalue weighted by Gasteiger charge is 2.72. The van der Waals surface area contributed by atoms with Gasteiger partial charge >= 0.3 is 12.0 Å². The second kappa shape index (κ2) is 7.66. The highest BCUT2D eigenvalue weighted by atomic mass is 28.2. The molecule has 1 saturated heterocycles. The van der Waals surface area contributed by atoms with E-state index >= 15 is 0 Å². The molecule has 0 spiro atoms. The topological polar surface area (TPSA) is 64.8 Å². The predicted octanol–water partition coefficient (Wildman–Crippen LogP) is 3.42. The highest BCUT2D eigenvalue weighted by Crippen LogP contribution is 2.64. The van der Waals surface area contributed by atoms with Gasteiger partial charge in [-0.3, -0.25) is 4.90 Å². The quantitative estimate of drug-likeness (QED) is 0.451. The zero-order chi connectivity index (χ0) is 22.3. The lowest BCUT2D eigenvalue weighted by Gasteiger charge is -2.69. The van der Waals surface area contributed by atoms with Crippen LogP contribution in [-0.2, 0) is 20.3 Å². The molecular formula is C24H28N2O4Si. The number of hydrogen-bond acceptors (Lipinski definition) is 6. The maximum absolute atomic E-state index is 12.0. The van der Waals surface area contributed by atoms with Gasteiger partial charge in [-0.25, -0.2) is 4.79 Å². The summed E-state index contributed by atoms with van der Waals surface area (Å²) in [4.78, 5) is 18.4. The average Bonchev–Trinajstić information content (AvgIpc) is 3.23. The number of aromatic nitrogens is 1. The number of rotatable bonds is 5. The smallest absolute Gasteiger partial charge is 0.360 e. The molecule has 0 aliphatic carbocycles. The van der Waals surface area contributed by atoms with Crippen LogP contribution in [0.4, 0.5) is 6.01 Å². The summed E-state index contributed by atoms with van der Waals surface area (Å²) in [5.41, 5.74) is 0.970. The SMILES string of the molecule is COC(=O)c1coc(N2CC(c3ccccc3)(C(C)(C)C)C2(O[SiH3])c2ccccc2)n1. The van der Waals surface area contributed by atoms with Crippen molar-refractivity contribution in [3.05, 3.63) is 83.7 Å². The molecule has 0 amide bonds. The van der Waals surface area contributed by atoms with E-state index in [4.69, 9.17) is 13.6 Å². The van der Waals surface area contributed by atoms with Crippen LogP contribution in [0.3, 0.4) is 0 Å². The fourth-order valence-electron chi connectivity index (χ4n) is 5.04. The summed E-state index contributed by atoms with van der Waals surface area (Å²) in [5.74, 6) is -0.530. The summed E-state index contributed by atoms with van der Waals surface area (Å²) >= 11 is 0. The molecule has 0 saturated carbocycles. The average molecular weight is 437 g/mol. The normalized spacial score (nSPS) is 23.4. The van der Waals surface area contributed by atoms with Crippen molar-refractivity contribution in [1.29, 1.82) is 0 Å². The molecule has 0 N–H and O–H groups in total. The Morgan fingerprint density at radius 3 is 2.16 bits per heavy atom. The lowest BCUT2D eigenvalue weighted by molar-refractivity contribution is -0.133. The van der Waals surface area contributed by atoms with Crippen molar-refractivity contribution in [3.8, 4) is 0 Å². The number of nitrogens with zero attached hydrogens (tertiary/aromatic N) is 2. The summed E-state index contributed by atoms with van der Waals surface area (Å²) in [5, 5.41) is 0. The third kappa shape index (κ3) is 2.95. The van der Waals surface area contributed by atoms with Gasteiger partial charge in [0, 0.05) is 12.1 Å². The van der Waals surface area contributed by atoms with Crippen LogP contribution in [0.15, 0.2) is 71.3 Å². The standard InChI is InChI=1S/C24H28N2O4Si/c1-22(2,3)23(17-11-7-5-8-12-17)16-26(21-25-19(15-29-21)20(27)28-4)24(23,30-31)18-13-9-6-10-14-18/h5-15H,16H2,1-4,31H3. The van der Waals surface area contributed by atoms with Gasteiger partial charge in [0.05, 0.1) is 12.5 Å². The molecule has 4 rings (SSSR count). The zero-order valence-electron chi connectivity index (χ0n) is 18.6. The Bertz CT molecular complexity index is 1060. The van der Waals surface area contributed by atoms with Crippen molar-refractivity contribution in [2.24, 2.45) is 5.41 Å². The van der Waals surface area contributed by atoms with Gasteiger partial charge in [0.2, 0.25) is 0 Å². The van der Waals surface area contributed by atoms with Crippen LogP contribution in [0.25, 0.3) is 0 Å². The Morgan fingerprint density at radius 2 is 1.65 bits per heavy atom. The van der Waals surface area contributed by atoms with Gasteiger partial charge < -0.3 is 13.6 Å². The van der Waals surface area contributed by atoms with Crippen molar-refractivity contribution in [3.63, 3.8) is 0 Å². The van der Waals surface area contributed by atoms with Crippen LogP contribution in [0.2, 0.25) is 0 Å². The minimum atomic E-state index is -0.835. The molecule has 0 radical (unpaired) electrons. The molecule has 3 aromatic rings. The predicted molar refractivity (Wildman–Crippen MR) is 122 cm³/mol. The summed E-state index contributed by atoms with van der Waals surface area (Å²) in [7, 11) is 1.82. The number of methoxy groups -OCH3 is 1. The Labute approximate surface area is 185 Å². The summed E-state index contributed by atoms with van der Waals surface area (Å²) in [6.45, 7) is 7.35. The molecular weight excluding hydrogens is 408 g/mol. The maximum atomic E-state index is 12.0. The van der Waals surface area contributed by atoms with Crippen LogP contribution >= 0.6 is 0 Å². The summed E-state index contributed by atoms with van der Waals surface area (Å²) in [6.07, 6.45) is 1.34. The minimum Gasteiger partial charge on any atom is -0.464 e. The first-order chi connectivity index (χ1) is 14.8. The Hall–Kier alpha value is -2.90. The zero-order valence-corrected chi connectivity index (χ0v) is 20.6. The van der Waals surface area contributed by atoms with E-state index in [-0.39, 0.29) is 16.5 Å². The van der Waals surface area contributed by atoms with Crippen LogP contribution in [-0.4, -0.2) is 35.1 Å². The third-order valence-electron chi connectivity index (χ3n) is 6.48. The molecule has 2 atom stereocenters. The second-order valence-electron chi connectivity index (χ2n) is 8.83. The maximum Gasteiger partial charge on any atom is 0.360 e. The van der Waals surface area contributed by atoms with E-state index in [9.17, 15) is 4.79 Å². The largest absolute Gasteiger partial charge is 0.464 e. The van der Waals surface area contributed by atoms with E-state index in [0.717, 1.165) is 5.56 Å². The molecule has 2 aromatic carbocycles. The fourth-order valence-corrected chi connectivity index (χ4v) is 5.84. The molecule has 2 heterocycles. The molecule has 0 bridgehead atoms. The number of carbonyl (C=O) groups is 1. The van der Waals surface area contributed by atoms with Gasteiger partial charge in [0.25, 0.3) is 0 Å². The van der Waals surface area contributed by atoms with Crippen molar-refractivity contribution in [2.45, 2.75) is 31.9 Å². The Morgan fingerprint density at radius 1 is 1.06 bits per heavy atom. The highest BCUT2D eigenvalue weighted by molar-refractivity contribution is 5.99. The third-order valence-corrected chi connectivity index (χ3v) is 7.07. The van der Waals surface area contributed by atoms with E-state index in [1.54, 1.807) is 0 Å². The molecule has 31 heavy (non-hydrogen) atoms. The number of anilines is 1. The van der Waals surface area contributed by atoms with Gasteiger partial charge in [-0.1, -0.05) is 81.4 Å². The Kier molecular flexibility index (Phi) is 5.27. The van der Waals surface area contributed by atoms with Crippen LogP contribution in [0.5, 0.6) is 0 Å². The van der Waals surface area contributed by atoms with E-state index in [2.05, 4.69) is 62.2 Å². The summed E-state index contributed by atoms with van der Waals surface area (Å²) < 4.78 is 17.1. The van der Waals surface area contributed by atoms with Crippen molar-refractivity contribution >= 4 is 22.5 Å². The van der Waals surface area contributed by atoms with E-state index in [1.807, 2.05) is 29.2 Å². The monoisotopic (exact) mass is 436 g/mol.